The van der Waals surface area contributed by atoms with Crippen LogP contribution in [0.2, 0.25) is 5.02 Å². The van der Waals surface area contributed by atoms with Gasteiger partial charge in [0.25, 0.3) is 0 Å². The summed E-state index contributed by atoms with van der Waals surface area (Å²) in [7, 11) is 0. The minimum atomic E-state index is 0.648. The molecule has 2 heterocycles. The van der Waals surface area contributed by atoms with Crippen LogP contribution in [0.25, 0.3) is 22.6 Å². The molecule has 0 aliphatic rings. The summed E-state index contributed by atoms with van der Waals surface area (Å²) in [6, 6.07) is 9.47. The van der Waals surface area contributed by atoms with Crippen molar-refractivity contribution in [1.29, 1.82) is 0 Å². The summed E-state index contributed by atoms with van der Waals surface area (Å²) in [5, 5.41) is 0.714. The topological polar surface area (TPSA) is 56.7 Å². The highest BCUT2D eigenvalue weighted by molar-refractivity contribution is 6.31. The van der Waals surface area contributed by atoms with Gasteiger partial charge in [0.05, 0.1) is 22.9 Å². The van der Waals surface area contributed by atoms with Gasteiger partial charge in [0, 0.05) is 11.6 Å². The first kappa shape index (κ1) is 12.9. The lowest BCUT2D eigenvalue weighted by molar-refractivity contribution is 0.702. The van der Waals surface area contributed by atoms with Gasteiger partial charge in [0.1, 0.15) is 5.69 Å². The van der Waals surface area contributed by atoms with Crippen LogP contribution in [0.4, 0.5) is 5.69 Å². The molecular weight excluding hydrogens is 272 g/mol. The zero-order valence-corrected chi connectivity index (χ0v) is 11.9. The Morgan fingerprint density at radius 2 is 2.10 bits per heavy atom. The van der Waals surface area contributed by atoms with Crippen molar-refractivity contribution < 1.29 is 0 Å². The SMILES string of the molecule is CCCn1c(-c2ccc(N)cn2)nc2ccc(Cl)cc21. The molecule has 0 bridgehead atoms. The number of rotatable bonds is 3. The van der Waals surface area contributed by atoms with E-state index in [9.17, 15) is 0 Å². The number of imidazole rings is 1. The first-order chi connectivity index (χ1) is 9.69. The normalized spacial score (nSPS) is 11.1. The fourth-order valence-electron chi connectivity index (χ4n) is 2.28. The monoisotopic (exact) mass is 286 g/mol. The summed E-state index contributed by atoms with van der Waals surface area (Å²) in [4.78, 5) is 9.04. The van der Waals surface area contributed by atoms with E-state index < -0.39 is 0 Å². The van der Waals surface area contributed by atoms with Crippen LogP contribution >= 0.6 is 11.6 Å². The molecule has 3 rings (SSSR count). The number of hydrogen-bond acceptors (Lipinski definition) is 3. The van der Waals surface area contributed by atoms with E-state index in [1.165, 1.54) is 0 Å². The highest BCUT2D eigenvalue weighted by Gasteiger charge is 2.13. The zero-order valence-electron chi connectivity index (χ0n) is 11.2. The Hall–Kier alpha value is -2.07. The van der Waals surface area contributed by atoms with Crippen LogP contribution in [0.1, 0.15) is 13.3 Å². The van der Waals surface area contributed by atoms with E-state index >= 15 is 0 Å². The number of nitrogens with two attached hydrogens (primary N) is 1. The molecule has 0 fully saturated rings. The predicted molar refractivity (Wildman–Crippen MR) is 82.7 cm³/mol. The molecule has 0 saturated carbocycles. The van der Waals surface area contributed by atoms with Gasteiger partial charge in [-0.05, 0) is 36.8 Å². The highest BCUT2D eigenvalue weighted by Crippen LogP contribution is 2.26. The van der Waals surface area contributed by atoms with Crippen LogP contribution in [-0.2, 0) is 6.54 Å². The maximum absolute atomic E-state index is 6.09. The van der Waals surface area contributed by atoms with E-state index in [-0.39, 0.29) is 0 Å². The number of aryl methyl sites for hydroxylation is 1. The van der Waals surface area contributed by atoms with Gasteiger partial charge in [-0.3, -0.25) is 4.98 Å². The van der Waals surface area contributed by atoms with E-state index in [2.05, 4.69) is 21.5 Å². The van der Waals surface area contributed by atoms with Crippen molar-refractivity contribution in [2.24, 2.45) is 0 Å². The van der Waals surface area contributed by atoms with Crippen LogP contribution in [0.15, 0.2) is 36.5 Å². The van der Waals surface area contributed by atoms with Gasteiger partial charge in [-0.2, -0.15) is 0 Å². The van der Waals surface area contributed by atoms with E-state index in [1.54, 1.807) is 6.20 Å². The summed E-state index contributed by atoms with van der Waals surface area (Å²) in [6.45, 7) is 3.01. The Labute approximate surface area is 122 Å². The molecule has 3 aromatic rings. The average molecular weight is 287 g/mol. The van der Waals surface area contributed by atoms with E-state index in [0.717, 1.165) is 35.5 Å². The zero-order chi connectivity index (χ0) is 14.1. The van der Waals surface area contributed by atoms with Gasteiger partial charge in [-0.15, -0.1) is 0 Å². The molecule has 1 aromatic carbocycles. The van der Waals surface area contributed by atoms with E-state index in [1.807, 2.05) is 30.3 Å². The Balaban J connectivity index is 2.23. The van der Waals surface area contributed by atoms with Crippen molar-refractivity contribution >= 4 is 28.3 Å². The fraction of sp³-hybridized carbons (Fsp3) is 0.200. The minimum absolute atomic E-state index is 0.648. The smallest absolute Gasteiger partial charge is 0.159 e. The highest BCUT2D eigenvalue weighted by atomic mass is 35.5. The molecule has 0 aliphatic carbocycles. The van der Waals surface area contributed by atoms with Crippen molar-refractivity contribution in [3.8, 4) is 11.5 Å². The molecule has 102 valence electrons. The van der Waals surface area contributed by atoms with Gasteiger partial charge in [-0.25, -0.2) is 4.98 Å². The van der Waals surface area contributed by atoms with Crippen molar-refractivity contribution in [3.63, 3.8) is 0 Å². The molecule has 0 amide bonds. The molecule has 4 nitrogen and oxygen atoms in total. The van der Waals surface area contributed by atoms with Gasteiger partial charge in [-0.1, -0.05) is 18.5 Å². The summed E-state index contributed by atoms with van der Waals surface area (Å²) in [6.07, 6.45) is 2.66. The van der Waals surface area contributed by atoms with Crippen LogP contribution in [0.3, 0.4) is 0 Å². The minimum Gasteiger partial charge on any atom is -0.397 e. The summed E-state index contributed by atoms with van der Waals surface area (Å²) in [5.41, 5.74) is 9.12. The number of pyridine rings is 1. The molecular formula is C15H15ClN4. The number of aromatic nitrogens is 3. The maximum atomic E-state index is 6.09. The van der Waals surface area contributed by atoms with Gasteiger partial charge >= 0.3 is 0 Å². The molecule has 0 saturated heterocycles. The number of fused-ring (bicyclic) bond motifs is 1. The third-order valence-electron chi connectivity index (χ3n) is 3.17. The lowest BCUT2D eigenvalue weighted by Gasteiger charge is -2.07. The van der Waals surface area contributed by atoms with Crippen molar-refractivity contribution in [1.82, 2.24) is 14.5 Å². The largest absolute Gasteiger partial charge is 0.397 e. The Morgan fingerprint density at radius 3 is 2.80 bits per heavy atom. The third kappa shape index (κ3) is 2.23. The number of anilines is 1. The van der Waals surface area contributed by atoms with Gasteiger partial charge < -0.3 is 10.3 Å². The number of benzene rings is 1. The second-order valence-electron chi connectivity index (χ2n) is 4.70. The molecule has 2 N–H and O–H groups in total. The Kier molecular flexibility index (Phi) is 3.32. The first-order valence-corrected chi connectivity index (χ1v) is 6.94. The van der Waals surface area contributed by atoms with Gasteiger partial charge in [0.2, 0.25) is 0 Å². The van der Waals surface area contributed by atoms with Crippen LogP contribution in [0.5, 0.6) is 0 Å². The lowest BCUT2D eigenvalue weighted by atomic mass is 10.3. The van der Waals surface area contributed by atoms with Crippen molar-refractivity contribution in [2.75, 3.05) is 5.73 Å². The second kappa shape index (κ2) is 5.13. The number of hydrogen-bond donors (Lipinski definition) is 1. The molecule has 0 aliphatic heterocycles. The molecule has 0 radical (unpaired) electrons. The molecule has 0 unspecified atom stereocenters. The van der Waals surface area contributed by atoms with Crippen molar-refractivity contribution in [2.45, 2.75) is 19.9 Å². The first-order valence-electron chi connectivity index (χ1n) is 6.56. The second-order valence-corrected chi connectivity index (χ2v) is 5.13. The summed E-state index contributed by atoms with van der Waals surface area (Å²) in [5.74, 6) is 0.851. The number of nitrogens with zero attached hydrogens (tertiary/aromatic N) is 3. The third-order valence-corrected chi connectivity index (χ3v) is 3.41. The van der Waals surface area contributed by atoms with E-state index in [0.29, 0.717) is 10.7 Å². The Bertz CT molecular complexity index is 746. The van der Waals surface area contributed by atoms with Gasteiger partial charge in [0.15, 0.2) is 5.82 Å². The quantitative estimate of drug-likeness (QED) is 0.798. The van der Waals surface area contributed by atoms with Crippen LogP contribution in [0, 0.1) is 0 Å². The molecule has 5 heteroatoms. The fourth-order valence-corrected chi connectivity index (χ4v) is 2.45. The standard InChI is InChI=1S/C15H15ClN4/c1-2-7-20-14-8-10(16)3-5-12(14)19-15(20)13-6-4-11(17)9-18-13/h3-6,8-9H,2,7,17H2,1H3. The molecule has 0 atom stereocenters. The predicted octanol–water partition coefficient (Wildman–Crippen LogP) is 3.74. The number of nitrogen functional groups attached to an aromatic ring is 1. The average Bonchev–Trinajstić information content (AvgIpc) is 2.79. The van der Waals surface area contributed by atoms with Crippen LogP contribution < -0.4 is 5.73 Å². The molecule has 0 spiro atoms. The maximum Gasteiger partial charge on any atom is 0.159 e. The van der Waals surface area contributed by atoms with Crippen molar-refractivity contribution in [3.05, 3.63) is 41.6 Å². The van der Waals surface area contributed by atoms with E-state index in [4.69, 9.17) is 17.3 Å². The molecule has 2 aromatic heterocycles. The van der Waals surface area contributed by atoms with Crippen LogP contribution in [-0.4, -0.2) is 14.5 Å². The number of halogens is 1. The summed E-state index contributed by atoms with van der Waals surface area (Å²) >= 11 is 6.09. The summed E-state index contributed by atoms with van der Waals surface area (Å²) < 4.78 is 2.15. The Morgan fingerprint density at radius 1 is 1.25 bits per heavy atom. The molecule has 20 heavy (non-hydrogen) atoms. The lowest BCUT2D eigenvalue weighted by Crippen LogP contribution is -2.01.